The van der Waals surface area contributed by atoms with E-state index in [9.17, 15) is 9.59 Å². The van der Waals surface area contributed by atoms with Gasteiger partial charge in [-0.05, 0) is 11.5 Å². The fourth-order valence-electron chi connectivity index (χ4n) is 3.35. The van der Waals surface area contributed by atoms with E-state index in [1.165, 1.54) is 0 Å². The van der Waals surface area contributed by atoms with Gasteiger partial charge < -0.3 is 14.8 Å². The van der Waals surface area contributed by atoms with Crippen molar-refractivity contribution >= 4 is 11.9 Å². The van der Waals surface area contributed by atoms with Crippen molar-refractivity contribution in [3.63, 3.8) is 0 Å². The fourth-order valence-corrected chi connectivity index (χ4v) is 3.35. The zero-order valence-corrected chi connectivity index (χ0v) is 12.5. The molecule has 0 aromatic heterocycles. The molecule has 3 amide bonds. The van der Waals surface area contributed by atoms with Crippen molar-refractivity contribution in [1.29, 1.82) is 0 Å². The van der Waals surface area contributed by atoms with Gasteiger partial charge in [-0.2, -0.15) is 0 Å². The Morgan fingerprint density at radius 1 is 1.24 bits per heavy atom. The quantitative estimate of drug-likeness (QED) is 0.717. The molecular weight excluding hydrogens is 272 g/mol. The lowest BCUT2D eigenvalue weighted by atomic mass is 9.64. The molecule has 2 atom stereocenters. The summed E-state index contributed by atoms with van der Waals surface area (Å²) in [6.45, 7) is 6.91. The number of rotatable bonds is 1. The average Bonchev–Trinajstić information content (AvgIpc) is 2.73. The summed E-state index contributed by atoms with van der Waals surface area (Å²) in [5.41, 5.74) is -1.42. The van der Waals surface area contributed by atoms with Crippen molar-refractivity contribution in [3.05, 3.63) is 23.7 Å². The molecular formula is C15H20N2O4. The molecule has 3 aliphatic rings. The Hall–Kier alpha value is -1.98. The van der Waals surface area contributed by atoms with E-state index in [1.54, 1.807) is 0 Å². The number of hydrogen-bond donors (Lipinski definition) is 2. The van der Waals surface area contributed by atoms with E-state index >= 15 is 0 Å². The molecule has 0 radical (unpaired) electrons. The summed E-state index contributed by atoms with van der Waals surface area (Å²) in [5.74, 6) is 1.03. The maximum Gasteiger partial charge on any atom is 0.322 e. The lowest BCUT2D eigenvalue weighted by Crippen LogP contribution is -2.61. The second-order valence-corrected chi connectivity index (χ2v) is 6.62. The minimum absolute atomic E-state index is 0.176. The predicted molar refractivity (Wildman–Crippen MR) is 75.0 cm³/mol. The van der Waals surface area contributed by atoms with E-state index in [0.717, 1.165) is 11.5 Å². The van der Waals surface area contributed by atoms with Crippen molar-refractivity contribution < 1.29 is 19.1 Å². The van der Waals surface area contributed by atoms with Gasteiger partial charge in [0.15, 0.2) is 5.76 Å². The van der Waals surface area contributed by atoms with Crippen LogP contribution in [0.4, 0.5) is 4.79 Å². The first-order chi connectivity index (χ1) is 9.84. The van der Waals surface area contributed by atoms with Crippen LogP contribution >= 0.6 is 0 Å². The Morgan fingerprint density at radius 2 is 1.95 bits per heavy atom. The van der Waals surface area contributed by atoms with Crippen molar-refractivity contribution in [2.24, 2.45) is 11.3 Å². The molecule has 2 unspecified atom stereocenters. The number of allylic oxidation sites excluding steroid dienone is 2. The summed E-state index contributed by atoms with van der Waals surface area (Å²) >= 11 is 0. The first-order valence-corrected chi connectivity index (χ1v) is 7.15. The Morgan fingerprint density at radius 3 is 2.57 bits per heavy atom. The summed E-state index contributed by atoms with van der Waals surface area (Å²) in [4.78, 5) is 24.2. The highest BCUT2D eigenvalue weighted by Crippen LogP contribution is 2.44. The summed E-state index contributed by atoms with van der Waals surface area (Å²) in [7, 11) is 0. The standard InChI is InChI=1S/C15H20N2O4/c1-14(2,3)15(12(18)16-13(19)17-15)9-4-5-10-11(8-9)21-7-6-20-10/h4-5,9H,6-8H2,1-3H3,(H2,16,17,18,19). The van der Waals surface area contributed by atoms with Gasteiger partial charge in [-0.15, -0.1) is 0 Å². The number of amides is 3. The average molecular weight is 292 g/mol. The zero-order chi connectivity index (χ0) is 15.3. The van der Waals surface area contributed by atoms with Crippen LogP contribution in [-0.2, 0) is 14.3 Å². The van der Waals surface area contributed by atoms with E-state index in [4.69, 9.17) is 9.47 Å². The predicted octanol–water partition coefficient (Wildman–Crippen LogP) is 1.45. The molecule has 21 heavy (non-hydrogen) atoms. The van der Waals surface area contributed by atoms with E-state index in [-0.39, 0.29) is 11.8 Å². The maximum atomic E-state index is 12.5. The molecule has 3 rings (SSSR count). The van der Waals surface area contributed by atoms with Gasteiger partial charge in [0.05, 0.1) is 0 Å². The van der Waals surface area contributed by atoms with Gasteiger partial charge in [0.2, 0.25) is 0 Å². The lowest BCUT2D eigenvalue weighted by Gasteiger charge is -2.44. The van der Waals surface area contributed by atoms with Crippen LogP contribution in [0.15, 0.2) is 23.7 Å². The molecule has 114 valence electrons. The second kappa shape index (κ2) is 4.51. The molecule has 0 spiro atoms. The van der Waals surface area contributed by atoms with E-state index in [0.29, 0.717) is 19.6 Å². The summed E-state index contributed by atoms with van der Waals surface area (Å²) < 4.78 is 11.2. The smallest absolute Gasteiger partial charge is 0.322 e. The largest absolute Gasteiger partial charge is 0.490 e. The lowest BCUT2D eigenvalue weighted by molar-refractivity contribution is -0.130. The minimum Gasteiger partial charge on any atom is -0.490 e. The van der Waals surface area contributed by atoms with Crippen LogP contribution in [0, 0.1) is 11.3 Å². The zero-order valence-electron chi connectivity index (χ0n) is 12.5. The van der Waals surface area contributed by atoms with Gasteiger partial charge in [0.25, 0.3) is 5.91 Å². The van der Waals surface area contributed by atoms with Crippen LogP contribution in [0.3, 0.4) is 0 Å². The third-order valence-corrected chi connectivity index (χ3v) is 4.41. The van der Waals surface area contributed by atoms with E-state index in [2.05, 4.69) is 10.6 Å². The van der Waals surface area contributed by atoms with Crippen LogP contribution in [0.2, 0.25) is 0 Å². The van der Waals surface area contributed by atoms with Crippen molar-refractivity contribution in [2.75, 3.05) is 13.2 Å². The maximum absolute atomic E-state index is 12.5. The molecule has 6 nitrogen and oxygen atoms in total. The molecule has 1 saturated heterocycles. The first-order valence-electron chi connectivity index (χ1n) is 7.15. The number of imide groups is 1. The highest BCUT2D eigenvalue weighted by atomic mass is 16.6. The second-order valence-electron chi connectivity index (χ2n) is 6.62. The van der Waals surface area contributed by atoms with Gasteiger partial charge in [-0.25, -0.2) is 4.79 Å². The number of carbonyl (C=O) groups excluding carboxylic acids is 2. The molecule has 1 aliphatic carbocycles. The van der Waals surface area contributed by atoms with Crippen molar-refractivity contribution in [1.82, 2.24) is 10.6 Å². The molecule has 1 fully saturated rings. The molecule has 0 bridgehead atoms. The number of ether oxygens (including phenoxy) is 2. The molecule has 0 aromatic carbocycles. The van der Waals surface area contributed by atoms with Crippen LogP contribution in [0.1, 0.15) is 27.2 Å². The monoisotopic (exact) mass is 292 g/mol. The third kappa shape index (κ3) is 2.01. The minimum atomic E-state index is -0.986. The Kier molecular flexibility index (Phi) is 3.00. The highest BCUT2D eigenvalue weighted by molar-refractivity contribution is 6.08. The number of hydrogen-bond acceptors (Lipinski definition) is 4. The third-order valence-electron chi connectivity index (χ3n) is 4.41. The summed E-state index contributed by atoms with van der Waals surface area (Å²) in [6.07, 6.45) is 4.31. The molecule has 0 saturated carbocycles. The first kappa shape index (κ1) is 14.0. The Labute approximate surface area is 123 Å². The van der Waals surface area contributed by atoms with Crippen molar-refractivity contribution in [3.8, 4) is 0 Å². The number of nitrogens with one attached hydrogen (secondary N) is 2. The Bertz CT molecular complexity index is 559. The number of carbonyl (C=O) groups is 2. The fraction of sp³-hybridized carbons (Fsp3) is 0.600. The van der Waals surface area contributed by atoms with Crippen LogP contribution in [-0.4, -0.2) is 30.7 Å². The molecule has 6 heteroatoms. The van der Waals surface area contributed by atoms with Gasteiger partial charge in [-0.1, -0.05) is 26.8 Å². The van der Waals surface area contributed by atoms with Gasteiger partial charge >= 0.3 is 6.03 Å². The van der Waals surface area contributed by atoms with Gasteiger partial charge in [0, 0.05) is 12.3 Å². The normalized spacial score (nSPS) is 32.0. The van der Waals surface area contributed by atoms with Crippen molar-refractivity contribution in [2.45, 2.75) is 32.7 Å². The SMILES string of the molecule is CC(C)(C)C1(C2C=CC3=C(C2)OCCO3)NC(=O)NC1=O. The molecule has 2 N–H and O–H groups in total. The van der Waals surface area contributed by atoms with Crippen LogP contribution in [0.5, 0.6) is 0 Å². The molecule has 2 aliphatic heterocycles. The number of urea groups is 1. The van der Waals surface area contributed by atoms with Crippen LogP contribution in [0.25, 0.3) is 0 Å². The summed E-state index contributed by atoms with van der Waals surface area (Å²) in [5, 5.41) is 5.23. The van der Waals surface area contributed by atoms with Gasteiger partial charge in [-0.3, -0.25) is 10.1 Å². The van der Waals surface area contributed by atoms with Gasteiger partial charge in [0.1, 0.15) is 24.5 Å². The Balaban J connectivity index is 1.97. The molecule has 0 aromatic rings. The highest BCUT2D eigenvalue weighted by Gasteiger charge is 2.58. The van der Waals surface area contributed by atoms with E-state index in [1.807, 2.05) is 32.9 Å². The summed E-state index contributed by atoms with van der Waals surface area (Å²) in [6, 6.07) is -0.441. The topological polar surface area (TPSA) is 76.7 Å². The molecule has 2 heterocycles. The van der Waals surface area contributed by atoms with Crippen LogP contribution < -0.4 is 10.6 Å². The van der Waals surface area contributed by atoms with E-state index < -0.39 is 17.0 Å².